The van der Waals surface area contributed by atoms with E-state index in [-0.39, 0.29) is 18.7 Å². The second kappa shape index (κ2) is 12.8. The van der Waals surface area contributed by atoms with E-state index in [1.54, 1.807) is 61.5 Å². The number of benzene rings is 3. The molecule has 2 aliphatic rings. The van der Waals surface area contributed by atoms with Crippen LogP contribution in [0, 0.1) is 5.82 Å². The molecular formula is C31H31Cl2FN2O6S. The molecule has 43 heavy (non-hydrogen) atoms. The van der Waals surface area contributed by atoms with Gasteiger partial charge in [0.15, 0.2) is 0 Å². The van der Waals surface area contributed by atoms with Crippen molar-refractivity contribution in [3.05, 3.63) is 99.8 Å². The molecule has 3 aromatic rings. The molecule has 1 unspecified atom stereocenters. The number of carbonyl (C=O) groups excluding carboxylic acids is 1. The summed E-state index contributed by atoms with van der Waals surface area (Å²) in [4.78, 5) is 27.5. The van der Waals surface area contributed by atoms with Crippen molar-refractivity contribution in [2.24, 2.45) is 0 Å². The van der Waals surface area contributed by atoms with Crippen LogP contribution in [-0.4, -0.2) is 54.2 Å². The number of rotatable bonds is 11. The van der Waals surface area contributed by atoms with Crippen molar-refractivity contribution in [3.63, 3.8) is 0 Å². The quantitative estimate of drug-likeness (QED) is 0.258. The topological polar surface area (TPSA) is 104 Å². The number of hydrogen-bond donors (Lipinski definition) is 1. The Hall–Kier alpha value is -3.18. The van der Waals surface area contributed by atoms with E-state index in [0.717, 1.165) is 4.31 Å². The van der Waals surface area contributed by atoms with Gasteiger partial charge in [0, 0.05) is 10.0 Å². The zero-order chi connectivity index (χ0) is 30.9. The van der Waals surface area contributed by atoms with Crippen LogP contribution >= 0.6 is 23.2 Å². The molecule has 4 atom stereocenters. The first-order valence-corrected chi connectivity index (χ1v) is 16.2. The van der Waals surface area contributed by atoms with Crippen molar-refractivity contribution in [2.75, 3.05) is 10.8 Å². The molecule has 1 amide bonds. The predicted molar refractivity (Wildman–Crippen MR) is 162 cm³/mol. The minimum absolute atomic E-state index is 0.106. The van der Waals surface area contributed by atoms with E-state index in [2.05, 4.69) is 0 Å². The summed E-state index contributed by atoms with van der Waals surface area (Å²) in [6.45, 7) is 1.56. The molecule has 0 spiro atoms. The Kier molecular flexibility index (Phi) is 9.31. The van der Waals surface area contributed by atoms with E-state index in [1.165, 1.54) is 23.1 Å². The molecular weight excluding hydrogens is 618 g/mol. The Bertz CT molecular complexity index is 1600. The maximum absolute atomic E-state index is 15.1. The average Bonchev–Trinajstić information content (AvgIpc) is 3.82. The van der Waals surface area contributed by atoms with E-state index in [0.29, 0.717) is 34.0 Å². The summed E-state index contributed by atoms with van der Waals surface area (Å²) < 4.78 is 49.9. The SMILES string of the molecule is CC[C@H](CN(c1ccccc1F)S(=O)(=O)C1CC1)N1C(=O)C(CC(=O)O)O[C@H](c2cccc(Cl)c2)[C@H]1c1ccc(Cl)cc1. The highest BCUT2D eigenvalue weighted by atomic mass is 35.5. The molecule has 1 heterocycles. The molecule has 0 aromatic heterocycles. The number of carboxylic acids is 1. The zero-order valence-electron chi connectivity index (χ0n) is 23.3. The van der Waals surface area contributed by atoms with Crippen LogP contribution < -0.4 is 4.31 Å². The number of hydrogen-bond acceptors (Lipinski definition) is 5. The first-order chi connectivity index (χ1) is 20.5. The summed E-state index contributed by atoms with van der Waals surface area (Å²) in [6, 6.07) is 17.7. The number of ether oxygens (including phenoxy) is 1. The van der Waals surface area contributed by atoms with E-state index >= 15 is 4.39 Å². The summed E-state index contributed by atoms with van der Waals surface area (Å²) in [5, 5.41) is 9.91. The van der Waals surface area contributed by atoms with Gasteiger partial charge in [0.2, 0.25) is 10.0 Å². The van der Waals surface area contributed by atoms with Gasteiger partial charge in [0.25, 0.3) is 5.91 Å². The second-order valence-corrected chi connectivity index (χ2v) is 13.7. The molecule has 5 rings (SSSR count). The molecule has 1 aliphatic heterocycles. The number of morpholine rings is 1. The molecule has 2 fully saturated rings. The van der Waals surface area contributed by atoms with Crippen LogP contribution in [0.1, 0.15) is 55.9 Å². The Morgan fingerprint density at radius 1 is 1.05 bits per heavy atom. The third-order valence-electron chi connectivity index (χ3n) is 7.79. The van der Waals surface area contributed by atoms with Gasteiger partial charge in [0.05, 0.1) is 36.0 Å². The second-order valence-electron chi connectivity index (χ2n) is 10.7. The van der Waals surface area contributed by atoms with Gasteiger partial charge < -0.3 is 14.7 Å². The molecule has 1 saturated carbocycles. The molecule has 3 aromatic carbocycles. The molecule has 0 bridgehead atoms. The lowest BCUT2D eigenvalue weighted by Gasteiger charge is -2.48. The van der Waals surface area contributed by atoms with Crippen LogP contribution in [0.5, 0.6) is 0 Å². The summed E-state index contributed by atoms with van der Waals surface area (Å²) in [6.07, 6.45) is -1.62. The number of halogens is 3. The smallest absolute Gasteiger partial charge is 0.306 e. The number of carboxylic acid groups (broad SMARTS) is 1. The van der Waals surface area contributed by atoms with Crippen molar-refractivity contribution in [3.8, 4) is 0 Å². The lowest BCUT2D eigenvalue weighted by atomic mass is 9.89. The Morgan fingerprint density at radius 2 is 1.74 bits per heavy atom. The fourth-order valence-corrected chi connectivity index (χ4v) is 7.76. The van der Waals surface area contributed by atoms with Crippen molar-refractivity contribution < 1.29 is 32.2 Å². The average molecular weight is 650 g/mol. The minimum Gasteiger partial charge on any atom is -0.481 e. The molecule has 1 aliphatic carbocycles. The van der Waals surface area contributed by atoms with Gasteiger partial charge in [-0.15, -0.1) is 0 Å². The third kappa shape index (κ3) is 6.67. The van der Waals surface area contributed by atoms with Crippen LogP contribution in [0.15, 0.2) is 72.8 Å². The highest BCUT2D eigenvalue weighted by Crippen LogP contribution is 2.45. The standard InChI is InChI=1S/C31H31Cl2FN2O6S/c1-2-23(18-35(43(40,41)24-14-15-24)26-9-4-3-8-25(26)34)36-29(19-10-12-21(32)13-11-19)30(20-6-5-7-22(33)16-20)42-27(31(36)39)17-28(37)38/h3-13,16,23-24,27,29-30H,2,14-15,17-18H2,1H3,(H,37,38)/t23-,27?,29-,30-/m1/s1. The number of para-hydroxylation sites is 1. The van der Waals surface area contributed by atoms with Crippen LogP contribution in [0.4, 0.5) is 10.1 Å². The number of carbonyl (C=O) groups is 2. The number of anilines is 1. The zero-order valence-corrected chi connectivity index (χ0v) is 25.6. The molecule has 12 heteroatoms. The first-order valence-electron chi connectivity index (χ1n) is 14.0. The van der Waals surface area contributed by atoms with Crippen molar-refractivity contribution in [2.45, 2.75) is 62.1 Å². The van der Waals surface area contributed by atoms with Crippen molar-refractivity contribution in [1.82, 2.24) is 4.90 Å². The summed E-state index contributed by atoms with van der Waals surface area (Å²) in [5.41, 5.74) is 1.13. The van der Waals surface area contributed by atoms with Crippen LogP contribution in [0.2, 0.25) is 10.0 Å². The van der Waals surface area contributed by atoms with Gasteiger partial charge in [-0.05, 0) is 66.8 Å². The van der Waals surface area contributed by atoms with Gasteiger partial charge >= 0.3 is 5.97 Å². The van der Waals surface area contributed by atoms with Crippen LogP contribution in [-0.2, 0) is 24.3 Å². The third-order valence-corrected chi connectivity index (χ3v) is 10.6. The monoisotopic (exact) mass is 648 g/mol. The maximum Gasteiger partial charge on any atom is 0.306 e. The Balaban J connectivity index is 1.66. The molecule has 8 nitrogen and oxygen atoms in total. The highest BCUT2D eigenvalue weighted by molar-refractivity contribution is 7.93. The predicted octanol–water partition coefficient (Wildman–Crippen LogP) is 6.39. The molecule has 0 radical (unpaired) electrons. The van der Waals surface area contributed by atoms with Gasteiger partial charge in [-0.3, -0.25) is 13.9 Å². The van der Waals surface area contributed by atoms with Gasteiger partial charge in [-0.25, -0.2) is 12.8 Å². The van der Waals surface area contributed by atoms with E-state index < -0.39 is 63.7 Å². The fourth-order valence-electron chi connectivity index (χ4n) is 5.54. The summed E-state index contributed by atoms with van der Waals surface area (Å²) in [7, 11) is -3.96. The van der Waals surface area contributed by atoms with Gasteiger partial charge in [0.1, 0.15) is 18.0 Å². The Labute approximate surface area is 260 Å². The lowest BCUT2D eigenvalue weighted by molar-refractivity contribution is -0.183. The minimum atomic E-state index is -3.96. The van der Waals surface area contributed by atoms with E-state index in [9.17, 15) is 23.1 Å². The largest absolute Gasteiger partial charge is 0.481 e. The Morgan fingerprint density at radius 3 is 2.35 bits per heavy atom. The number of amides is 1. The van der Waals surface area contributed by atoms with E-state index in [1.807, 2.05) is 0 Å². The molecule has 1 saturated heterocycles. The highest BCUT2D eigenvalue weighted by Gasteiger charge is 2.49. The molecule has 1 N–H and O–H groups in total. The molecule has 228 valence electrons. The first kappa shape index (κ1) is 31.3. The fraction of sp³-hybridized carbons (Fsp3) is 0.355. The number of nitrogens with zero attached hydrogens (tertiary/aromatic N) is 2. The van der Waals surface area contributed by atoms with Crippen molar-refractivity contribution in [1.29, 1.82) is 0 Å². The number of sulfonamides is 1. The van der Waals surface area contributed by atoms with Crippen LogP contribution in [0.25, 0.3) is 0 Å². The van der Waals surface area contributed by atoms with Gasteiger partial charge in [-0.1, -0.05) is 66.5 Å². The lowest BCUT2D eigenvalue weighted by Crippen LogP contribution is -2.58. The number of aliphatic carboxylic acids is 1. The maximum atomic E-state index is 15.1. The van der Waals surface area contributed by atoms with E-state index in [4.69, 9.17) is 27.9 Å². The van der Waals surface area contributed by atoms with Crippen LogP contribution in [0.3, 0.4) is 0 Å². The summed E-state index contributed by atoms with van der Waals surface area (Å²) in [5.74, 6) is -2.54. The summed E-state index contributed by atoms with van der Waals surface area (Å²) >= 11 is 12.5. The van der Waals surface area contributed by atoms with Gasteiger partial charge in [-0.2, -0.15) is 0 Å². The van der Waals surface area contributed by atoms with Crippen molar-refractivity contribution >= 4 is 50.8 Å². The normalized spacial score (nSPS) is 21.4.